The van der Waals surface area contributed by atoms with Crippen molar-refractivity contribution in [2.24, 2.45) is 11.7 Å². The summed E-state index contributed by atoms with van der Waals surface area (Å²) in [5, 5.41) is 0. The van der Waals surface area contributed by atoms with Crippen LogP contribution < -0.4 is 5.73 Å². The summed E-state index contributed by atoms with van der Waals surface area (Å²) in [6, 6.07) is 0. The second-order valence-electron chi connectivity index (χ2n) is 6.64. The van der Waals surface area contributed by atoms with Gasteiger partial charge in [0.25, 0.3) is 0 Å². The zero-order chi connectivity index (χ0) is 12.9. The highest BCUT2D eigenvalue weighted by Gasteiger charge is 2.19. The van der Waals surface area contributed by atoms with Gasteiger partial charge in [-0.05, 0) is 79.2 Å². The van der Waals surface area contributed by atoms with Crippen LogP contribution in [0.5, 0.6) is 0 Å². The van der Waals surface area contributed by atoms with Crippen LogP contribution in [-0.4, -0.2) is 55.6 Å². The molecule has 0 aliphatic carbocycles. The molecule has 1 heterocycles. The summed E-state index contributed by atoms with van der Waals surface area (Å²) in [5.74, 6) is 0.909. The van der Waals surface area contributed by atoms with Gasteiger partial charge in [0.2, 0.25) is 0 Å². The van der Waals surface area contributed by atoms with Gasteiger partial charge in [0.15, 0.2) is 0 Å². The zero-order valence-corrected chi connectivity index (χ0v) is 12.2. The first-order valence-electron chi connectivity index (χ1n) is 7.03. The van der Waals surface area contributed by atoms with E-state index in [1.165, 1.54) is 45.4 Å². The fourth-order valence-electron chi connectivity index (χ4n) is 2.67. The molecule has 1 fully saturated rings. The van der Waals surface area contributed by atoms with Crippen LogP contribution in [0.3, 0.4) is 0 Å². The van der Waals surface area contributed by atoms with E-state index in [9.17, 15) is 0 Å². The Morgan fingerprint density at radius 3 is 2.29 bits per heavy atom. The Morgan fingerprint density at radius 1 is 1.24 bits per heavy atom. The van der Waals surface area contributed by atoms with Crippen molar-refractivity contribution in [1.29, 1.82) is 0 Å². The third kappa shape index (κ3) is 7.02. The van der Waals surface area contributed by atoms with Crippen LogP contribution in [0.25, 0.3) is 0 Å². The molecular weight excluding hydrogens is 210 g/mol. The van der Waals surface area contributed by atoms with Crippen molar-refractivity contribution in [3.63, 3.8) is 0 Å². The van der Waals surface area contributed by atoms with Crippen LogP contribution >= 0.6 is 0 Å². The predicted octanol–water partition coefficient (Wildman–Crippen LogP) is 1.78. The van der Waals surface area contributed by atoms with Crippen molar-refractivity contribution >= 4 is 0 Å². The second-order valence-corrected chi connectivity index (χ2v) is 6.64. The Labute approximate surface area is 107 Å². The minimum atomic E-state index is 0.00322. The van der Waals surface area contributed by atoms with Crippen molar-refractivity contribution in [1.82, 2.24) is 9.80 Å². The third-order valence-corrected chi connectivity index (χ3v) is 3.63. The maximum absolute atomic E-state index is 6.00. The lowest BCUT2D eigenvalue weighted by molar-refractivity contribution is 0.158. The molecule has 0 spiro atoms. The Morgan fingerprint density at radius 2 is 1.82 bits per heavy atom. The first-order valence-corrected chi connectivity index (χ1v) is 7.03. The minimum Gasteiger partial charge on any atom is -0.326 e. The number of piperidine rings is 1. The fraction of sp³-hybridized carbons (Fsp3) is 1.00. The number of nitrogens with zero attached hydrogens (tertiary/aromatic N) is 2. The summed E-state index contributed by atoms with van der Waals surface area (Å²) in [7, 11) is 4.35. The Hall–Kier alpha value is -0.120. The maximum atomic E-state index is 6.00. The molecule has 1 saturated heterocycles. The van der Waals surface area contributed by atoms with E-state index in [-0.39, 0.29) is 5.54 Å². The Balaban J connectivity index is 2.11. The van der Waals surface area contributed by atoms with Crippen molar-refractivity contribution < 1.29 is 0 Å². The number of nitrogens with two attached hydrogens (primary N) is 1. The smallest absolute Gasteiger partial charge is 0.00975 e. The predicted molar refractivity (Wildman–Crippen MR) is 75.2 cm³/mol. The highest BCUT2D eigenvalue weighted by Crippen LogP contribution is 2.18. The minimum absolute atomic E-state index is 0.00322. The lowest BCUT2D eigenvalue weighted by atomic mass is 9.95. The van der Waals surface area contributed by atoms with Crippen LogP contribution in [0.4, 0.5) is 0 Å². The van der Waals surface area contributed by atoms with Crippen LogP contribution in [0.15, 0.2) is 0 Å². The van der Waals surface area contributed by atoms with E-state index < -0.39 is 0 Å². The first-order chi connectivity index (χ1) is 7.87. The van der Waals surface area contributed by atoms with Crippen LogP contribution in [0, 0.1) is 5.92 Å². The van der Waals surface area contributed by atoms with Gasteiger partial charge in [-0.25, -0.2) is 0 Å². The van der Waals surface area contributed by atoms with E-state index in [0.717, 1.165) is 12.3 Å². The topological polar surface area (TPSA) is 32.5 Å². The fourth-order valence-corrected chi connectivity index (χ4v) is 2.67. The van der Waals surface area contributed by atoms with E-state index >= 15 is 0 Å². The van der Waals surface area contributed by atoms with Crippen LogP contribution in [-0.2, 0) is 0 Å². The summed E-state index contributed by atoms with van der Waals surface area (Å²) in [6.45, 7) is 9.29. The molecule has 1 aliphatic heterocycles. The quantitative estimate of drug-likeness (QED) is 0.769. The maximum Gasteiger partial charge on any atom is 0.00975 e. The van der Waals surface area contributed by atoms with E-state index in [4.69, 9.17) is 5.73 Å². The van der Waals surface area contributed by atoms with Gasteiger partial charge in [-0.1, -0.05) is 0 Å². The molecule has 102 valence electrons. The molecule has 0 bridgehead atoms. The molecule has 3 heteroatoms. The molecule has 0 radical (unpaired) electrons. The van der Waals surface area contributed by atoms with Gasteiger partial charge in [0.05, 0.1) is 0 Å². The molecule has 0 aromatic heterocycles. The van der Waals surface area contributed by atoms with Gasteiger partial charge in [-0.3, -0.25) is 0 Å². The van der Waals surface area contributed by atoms with Crippen molar-refractivity contribution in [3.8, 4) is 0 Å². The molecule has 17 heavy (non-hydrogen) atoms. The number of rotatable bonds is 6. The molecule has 0 aromatic carbocycles. The third-order valence-electron chi connectivity index (χ3n) is 3.63. The summed E-state index contributed by atoms with van der Waals surface area (Å²) >= 11 is 0. The van der Waals surface area contributed by atoms with Gasteiger partial charge in [-0.2, -0.15) is 0 Å². The molecular formula is C14H31N3. The molecule has 1 rings (SSSR count). The van der Waals surface area contributed by atoms with Gasteiger partial charge < -0.3 is 15.5 Å². The number of hydrogen-bond donors (Lipinski definition) is 1. The summed E-state index contributed by atoms with van der Waals surface area (Å²) < 4.78 is 0. The van der Waals surface area contributed by atoms with E-state index in [1.807, 2.05) is 0 Å². The summed E-state index contributed by atoms with van der Waals surface area (Å²) in [5.41, 5.74) is 6.01. The summed E-state index contributed by atoms with van der Waals surface area (Å²) in [6.07, 6.45) is 5.10. The lowest BCUT2D eigenvalue weighted by Gasteiger charge is -2.33. The molecule has 0 saturated carbocycles. The highest BCUT2D eigenvalue weighted by molar-refractivity contribution is 4.76. The largest absolute Gasteiger partial charge is 0.326 e. The first kappa shape index (κ1) is 14.9. The molecule has 3 nitrogen and oxygen atoms in total. The van der Waals surface area contributed by atoms with Crippen molar-refractivity contribution in [3.05, 3.63) is 0 Å². The van der Waals surface area contributed by atoms with Gasteiger partial charge in [-0.15, -0.1) is 0 Å². The van der Waals surface area contributed by atoms with Gasteiger partial charge in [0, 0.05) is 12.1 Å². The van der Waals surface area contributed by atoms with Crippen molar-refractivity contribution in [2.45, 2.75) is 45.1 Å². The van der Waals surface area contributed by atoms with E-state index in [2.05, 4.69) is 37.7 Å². The van der Waals surface area contributed by atoms with Gasteiger partial charge >= 0.3 is 0 Å². The summed E-state index contributed by atoms with van der Waals surface area (Å²) in [4.78, 5) is 4.93. The monoisotopic (exact) mass is 241 g/mol. The molecule has 0 amide bonds. The van der Waals surface area contributed by atoms with Crippen molar-refractivity contribution in [2.75, 3.05) is 40.3 Å². The normalized spacial score (nSPS) is 20.1. The molecule has 0 atom stereocenters. The molecule has 1 aliphatic rings. The Bertz CT molecular complexity index is 200. The lowest BCUT2D eigenvalue weighted by Crippen LogP contribution is -2.38. The second kappa shape index (κ2) is 6.72. The van der Waals surface area contributed by atoms with Gasteiger partial charge in [0.1, 0.15) is 0 Å². The van der Waals surface area contributed by atoms with Crippen LogP contribution in [0.1, 0.15) is 39.5 Å². The molecule has 0 unspecified atom stereocenters. The SMILES string of the molecule is CN(C)CC1CCN(CCCC(C)(C)N)CC1. The standard InChI is InChI=1S/C14H31N3/c1-14(2,15)8-5-9-17-10-6-13(7-11-17)12-16(3)4/h13H,5-12,15H2,1-4H3. The average molecular weight is 241 g/mol. The number of hydrogen-bond acceptors (Lipinski definition) is 3. The van der Waals surface area contributed by atoms with E-state index in [0.29, 0.717) is 0 Å². The van der Waals surface area contributed by atoms with E-state index in [1.54, 1.807) is 0 Å². The average Bonchev–Trinajstić information content (AvgIpc) is 2.18. The number of likely N-dealkylation sites (tertiary alicyclic amines) is 1. The molecule has 0 aromatic rings. The zero-order valence-electron chi connectivity index (χ0n) is 12.2. The van der Waals surface area contributed by atoms with Crippen LogP contribution in [0.2, 0.25) is 0 Å². The molecule has 2 N–H and O–H groups in total. The Kier molecular flexibility index (Phi) is 5.90. The highest BCUT2D eigenvalue weighted by atomic mass is 15.1.